The van der Waals surface area contributed by atoms with E-state index in [1.807, 2.05) is 30.3 Å². The number of aromatic nitrogens is 1. The van der Waals surface area contributed by atoms with Gasteiger partial charge in [-0.05, 0) is 29.5 Å². The van der Waals surface area contributed by atoms with Gasteiger partial charge in [0.1, 0.15) is 6.04 Å². The number of primary amides is 1. The van der Waals surface area contributed by atoms with Crippen molar-refractivity contribution < 1.29 is 19.5 Å². The number of carboxylic acid groups (broad SMARTS) is 1. The van der Waals surface area contributed by atoms with Gasteiger partial charge in [-0.1, -0.05) is 36.4 Å². The highest BCUT2D eigenvalue weighted by Gasteiger charge is 2.21. The smallest absolute Gasteiger partial charge is 0.326 e. The Labute approximate surface area is 173 Å². The number of carbonyl (C=O) groups excluding carboxylic acids is 2. The molecular formula is C21H23N3O4S. The fourth-order valence-electron chi connectivity index (χ4n) is 2.69. The molecule has 0 fully saturated rings. The average molecular weight is 413 g/mol. The molecule has 1 atom stereocenters. The zero-order chi connectivity index (χ0) is 21.2. The van der Waals surface area contributed by atoms with Crippen LogP contribution in [0.1, 0.15) is 22.3 Å². The largest absolute Gasteiger partial charge is 0.480 e. The number of nitrogens with one attached hydrogen (secondary N) is 2. The van der Waals surface area contributed by atoms with Crippen molar-refractivity contribution in [3.63, 3.8) is 0 Å². The number of amides is 2. The fourth-order valence-corrected chi connectivity index (χ4v) is 2.89. The van der Waals surface area contributed by atoms with Crippen molar-refractivity contribution in [3.8, 4) is 0 Å². The number of hydrogen-bond acceptors (Lipinski definition) is 4. The molecule has 0 radical (unpaired) electrons. The van der Waals surface area contributed by atoms with Crippen molar-refractivity contribution in [1.29, 1.82) is 0 Å². The van der Waals surface area contributed by atoms with Gasteiger partial charge in [-0.3, -0.25) is 9.59 Å². The van der Waals surface area contributed by atoms with E-state index in [4.69, 9.17) is 5.73 Å². The molecule has 0 aliphatic rings. The summed E-state index contributed by atoms with van der Waals surface area (Å²) in [6, 6.07) is 15.5. The molecule has 0 spiro atoms. The number of para-hydroxylation sites is 1. The minimum Gasteiger partial charge on any atom is -0.480 e. The van der Waals surface area contributed by atoms with E-state index in [1.54, 1.807) is 30.5 Å². The first kappa shape index (κ1) is 22.0. The fraction of sp³-hybridized carbons (Fsp3) is 0.190. The quantitative estimate of drug-likeness (QED) is 0.381. The summed E-state index contributed by atoms with van der Waals surface area (Å²) in [5.41, 5.74) is 7.35. The SMILES string of the molecule is NC(=O)c1ccccc1.O=C(CCS)N[C@@H](Cc1c[nH]c2ccccc12)C(=O)O. The monoisotopic (exact) mass is 413 g/mol. The summed E-state index contributed by atoms with van der Waals surface area (Å²) in [7, 11) is 0. The van der Waals surface area contributed by atoms with Gasteiger partial charge in [-0.15, -0.1) is 0 Å². The molecule has 0 saturated heterocycles. The van der Waals surface area contributed by atoms with Crippen molar-refractivity contribution in [2.45, 2.75) is 18.9 Å². The lowest BCUT2D eigenvalue weighted by Crippen LogP contribution is -2.42. The Balaban J connectivity index is 0.000000278. The van der Waals surface area contributed by atoms with Crippen LogP contribution in [0.25, 0.3) is 10.9 Å². The van der Waals surface area contributed by atoms with Crippen LogP contribution in [-0.4, -0.2) is 39.7 Å². The van der Waals surface area contributed by atoms with Crippen LogP contribution in [0.15, 0.2) is 60.8 Å². The second-order valence-corrected chi connectivity index (χ2v) is 6.67. The number of H-pyrrole nitrogens is 1. The molecule has 3 aromatic rings. The second-order valence-electron chi connectivity index (χ2n) is 6.23. The molecule has 5 N–H and O–H groups in total. The van der Waals surface area contributed by atoms with Crippen molar-refractivity contribution in [2.75, 3.05) is 5.75 Å². The lowest BCUT2D eigenvalue weighted by atomic mass is 10.0. The Morgan fingerprint density at radius 3 is 2.31 bits per heavy atom. The first-order valence-corrected chi connectivity index (χ1v) is 9.58. The van der Waals surface area contributed by atoms with Crippen LogP contribution >= 0.6 is 12.6 Å². The van der Waals surface area contributed by atoms with Gasteiger partial charge < -0.3 is 21.1 Å². The Morgan fingerprint density at radius 2 is 1.72 bits per heavy atom. The van der Waals surface area contributed by atoms with Crippen molar-refractivity contribution in [2.24, 2.45) is 5.73 Å². The third kappa shape index (κ3) is 6.69. The van der Waals surface area contributed by atoms with Crippen LogP contribution in [-0.2, 0) is 16.0 Å². The molecule has 7 nitrogen and oxygen atoms in total. The number of rotatable bonds is 7. The van der Waals surface area contributed by atoms with Gasteiger partial charge in [0.15, 0.2) is 0 Å². The number of fused-ring (bicyclic) bond motifs is 1. The predicted molar refractivity (Wildman–Crippen MR) is 115 cm³/mol. The summed E-state index contributed by atoms with van der Waals surface area (Å²) in [5.74, 6) is -1.32. The number of benzene rings is 2. The van der Waals surface area contributed by atoms with Gasteiger partial charge in [0, 0.05) is 35.5 Å². The maximum atomic E-state index is 11.5. The van der Waals surface area contributed by atoms with Gasteiger partial charge in [-0.2, -0.15) is 12.6 Å². The van der Waals surface area contributed by atoms with Crippen molar-refractivity contribution in [1.82, 2.24) is 10.3 Å². The summed E-state index contributed by atoms with van der Waals surface area (Å²) in [4.78, 5) is 36.3. The van der Waals surface area contributed by atoms with E-state index < -0.39 is 12.0 Å². The molecule has 0 bridgehead atoms. The third-order valence-electron chi connectivity index (χ3n) is 4.13. The third-order valence-corrected chi connectivity index (χ3v) is 4.35. The summed E-state index contributed by atoms with van der Waals surface area (Å²) in [5, 5.41) is 12.7. The van der Waals surface area contributed by atoms with Gasteiger partial charge in [-0.25, -0.2) is 4.79 Å². The highest BCUT2D eigenvalue weighted by Crippen LogP contribution is 2.19. The number of carboxylic acids is 1. The molecule has 2 amide bonds. The Bertz CT molecular complexity index is 972. The standard InChI is InChI=1S/C14H16N2O3S.C7H7NO/c17-13(5-6-20)16-12(14(18)19)7-9-8-15-11-4-2-1-3-10(9)11;8-7(9)6-4-2-1-3-5-6/h1-4,8,12,15,20H,5-7H2,(H,16,17)(H,18,19);1-5H,(H2,8,9)/t12-;/m0./s1. The van der Waals surface area contributed by atoms with Crippen LogP contribution in [0.4, 0.5) is 0 Å². The molecule has 152 valence electrons. The lowest BCUT2D eigenvalue weighted by Gasteiger charge is -2.13. The highest BCUT2D eigenvalue weighted by molar-refractivity contribution is 7.80. The maximum absolute atomic E-state index is 11.5. The first-order valence-electron chi connectivity index (χ1n) is 8.95. The summed E-state index contributed by atoms with van der Waals surface area (Å²) in [6.07, 6.45) is 2.24. The minimum atomic E-state index is -1.04. The molecule has 1 aromatic heterocycles. The Morgan fingerprint density at radius 1 is 1.07 bits per heavy atom. The number of nitrogens with two attached hydrogens (primary N) is 1. The molecule has 0 unspecified atom stereocenters. The second kappa shape index (κ2) is 10.9. The van der Waals surface area contributed by atoms with Gasteiger partial charge in [0.2, 0.25) is 11.8 Å². The topological polar surface area (TPSA) is 125 Å². The number of aliphatic carboxylic acids is 1. The molecule has 0 aliphatic carbocycles. The molecule has 2 aromatic carbocycles. The van der Waals surface area contributed by atoms with Crippen LogP contribution in [0.5, 0.6) is 0 Å². The van der Waals surface area contributed by atoms with E-state index in [-0.39, 0.29) is 24.7 Å². The number of thiol groups is 1. The summed E-state index contributed by atoms with van der Waals surface area (Å²) >= 11 is 3.96. The van der Waals surface area contributed by atoms with Crippen molar-refractivity contribution >= 4 is 41.3 Å². The van der Waals surface area contributed by atoms with Crippen LogP contribution in [0, 0.1) is 0 Å². The number of hydrogen-bond donors (Lipinski definition) is 5. The zero-order valence-corrected chi connectivity index (χ0v) is 16.6. The Hall–Kier alpha value is -3.26. The zero-order valence-electron chi connectivity index (χ0n) is 15.7. The molecule has 1 heterocycles. The van der Waals surface area contributed by atoms with Crippen LogP contribution in [0.2, 0.25) is 0 Å². The average Bonchev–Trinajstić information content (AvgIpc) is 3.12. The van der Waals surface area contributed by atoms with Gasteiger partial charge in [0.05, 0.1) is 0 Å². The number of aromatic amines is 1. The van der Waals surface area contributed by atoms with E-state index in [1.165, 1.54) is 0 Å². The molecular weight excluding hydrogens is 390 g/mol. The van der Waals surface area contributed by atoms with Gasteiger partial charge in [0.25, 0.3) is 0 Å². The maximum Gasteiger partial charge on any atom is 0.326 e. The molecule has 0 aliphatic heterocycles. The van der Waals surface area contributed by atoms with Gasteiger partial charge >= 0.3 is 5.97 Å². The minimum absolute atomic E-state index is 0.209. The van der Waals surface area contributed by atoms with E-state index in [0.29, 0.717) is 11.3 Å². The van der Waals surface area contributed by atoms with Crippen LogP contribution < -0.4 is 11.1 Å². The Kier molecular flexibility index (Phi) is 8.29. The first-order chi connectivity index (χ1) is 13.9. The predicted octanol–water partition coefficient (Wildman–Crippen LogP) is 2.39. The summed E-state index contributed by atoms with van der Waals surface area (Å²) < 4.78 is 0. The van der Waals surface area contributed by atoms with E-state index in [0.717, 1.165) is 16.5 Å². The molecule has 0 saturated carbocycles. The molecule has 29 heavy (non-hydrogen) atoms. The normalized spacial score (nSPS) is 11.2. The van der Waals surface area contributed by atoms with Crippen LogP contribution in [0.3, 0.4) is 0 Å². The highest BCUT2D eigenvalue weighted by atomic mass is 32.1. The van der Waals surface area contributed by atoms with E-state index in [2.05, 4.69) is 22.9 Å². The molecule has 3 rings (SSSR count). The number of carbonyl (C=O) groups is 3. The van der Waals surface area contributed by atoms with Crippen molar-refractivity contribution in [3.05, 3.63) is 71.9 Å². The summed E-state index contributed by atoms with van der Waals surface area (Å²) in [6.45, 7) is 0. The molecule has 8 heteroatoms. The van der Waals surface area contributed by atoms with E-state index in [9.17, 15) is 19.5 Å². The lowest BCUT2D eigenvalue weighted by molar-refractivity contribution is -0.141. The van der Waals surface area contributed by atoms with E-state index >= 15 is 0 Å².